The minimum Gasteiger partial charge on any atom is -0.497 e. The maximum absolute atomic E-state index is 12.6. The van der Waals surface area contributed by atoms with Gasteiger partial charge in [-0.25, -0.2) is 4.68 Å². The highest BCUT2D eigenvalue weighted by Crippen LogP contribution is 2.29. The fourth-order valence-electron chi connectivity index (χ4n) is 3.58. The SMILES string of the molecule is COc1ccc(-c2cc3n(n2)CCC(=O)N3CC(=O)N[C@H](C)c2ccccc2)cc1. The molecule has 0 spiro atoms. The molecular formula is C23H24N4O3. The smallest absolute Gasteiger partial charge is 0.240 e. The van der Waals surface area contributed by atoms with E-state index in [1.165, 1.54) is 4.90 Å². The Hall–Kier alpha value is -3.61. The molecule has 30 heavy (non-hydrogen) atoms. The van der Waals surface area contributed by atoms with E-state index in [1.807, 2.05) is 67.6 Å². The number of hydrogen-bond acceptors (Lipinski definition) is 4. The van der Waals surface area contributed by atoms with Crippen LogP contribution < -0.4 is 15.0 Å². The molecule has 2 aromatic carbocycles. The molecule has 7 nitrogen and oxygen atoms in total. The molecule has 2 amide bonds. The molecule has 1 aliphatic heterocycles. The van der Waals surface area contributed by atoms with E-state index < -0.39 is 0 Å². The van der Waals surface area contributed by atoms with Gasteiger partial charge in [0.15, 0.2) is 0 Å². The highest BCUT2D eigenvalue weighted by atomic mass is 16.5. The van der Waals surface area contributed by atoms with E-state index in [1.54, 1.807) is 11.8 Å². The van der Waals surface area contributed by atoms with Crippen LogP contribution in [0.5, 0.6) is 5.75 Å². The van der Waals surface area contributed by atoms with E-state index in [0.717, 1.165) is 22.6 Å². The second-order valence-corrected chi connectivity index (χ2v) is 7.27. The molecular weight excluding hydrogens is 380 g/mol. The summed E-state index contributed by atoms with van der Waals surface area (Å²) in [6.45, 7) is 2.39. The predicted molar refractivity (Wildman–Crippen MR) is 114 cm³/mol. The lowest BCUT2D eigenvalue weighted by molar-refractivity contribution is -0.124. The zero-order chi connectivity index (χ0) is 21.1. The maximum Gasteiger partial charge on any atom is 0.240 e. The normalized spacial score (nSPS) is 14.2. The molecule has 1 atom stereocenters. The first kappa shape index (κ1) is 19.7. The Kier molecular flexibility index (Phi) is 5.52. The van der Waals surface area contributed by atoms with E-state index in [4.69, 9.17) is 4.74 Å². The molecule has 154 valence electrons. The van der Waals surface area contributed by atoms with Gasteiger partial charge in [-0.15, -0.1) is 0 Å². The monoisotopic (exact) mass is 404 g/mol. The van der Waals surface area contributed by atoms with E-state index in [-0.39, 0.29) is 24.4 Å². The molecule has 0 saturated carbocycles. The van der Waals surface area contributed by atoms with Gasteiger partial charge in [-0.05, 0) is 36.8 Å². The first-order valence-corrected chi connectivity index (χ1v) is 9.92. The number of nitrogens with zero attached hydrogens (tertiary/aromatic N) is 3. The molecule has 7 heteroatoms. The second kappa shape index (κ2) is 8.41. The van der Waals surface area contributed by atoms with Gasteiger partial charge in [0.25, 0.3) is 0 Å². The van der Waals surface area contributed by atoms with Gasteiger partial charge >= 0.3 is 0 Å². The second-order valence-electron chi connectivity index (χ2n) is 7.27. The lowest BCUT2D eigenvalue weighted by Crippen LogP contribution is -2.44. The van der Waals surface area contributed by atoms with Gasteiger partial charge in [-0.1, -0.05) is 30.3 Å². The quantitative estimate of drug-likeness (QED) is 0.685. The highest BCUT2D eigenvalue weighted by Gasteiger charge is 2.28. The average molecular weight is 404 g/mol. The molecule has 4 rings (SSSR count). The molecule has 1 N–H and O–H groups in total. The standard InChI is InChI=1S/C23H24N4O3/c1-16(17-6-4-3-5-7-17)24-21(28)15-26-22-14-20(25-27(22)13-12-23(26)29)18-8-10-19(30-2)11-9-18/h3-11,14,16H,12-13,15H2,1-2H3,(H,24,28)/t16-/m1/s1. The number of ether oxygens (including phenoxy) is 1. The Balaban J connectivity index is 1.51. The largest absolute Gasteiger partial charge is 0.497 e. The van der Waals surface area contributed by atoms with Crippen molar-refractivity contribution in [2.24, 2.45) is 0 Å². The number of hydrogen-bond donors (Lipinski definition) is 1. The van der Waals surface area contributed by atoms with Crippen molar-refractivity contribution in [3.8, 4) is 17.0 Å². The molecule has 0 bridgehead atoms. The van der Waals surface area contributed by atoms with Crippen molar-refractivity contribution < 1.29 is 14.3 Å². The lowest BCUT2D eigenvalue weighted by Gasteiger charge is -2.27. The van der Waals surface area contributed by atoms with Crippen LogP contribution in [0.2, 0.25) is 0 Å². The molecule has 2 heterocycles. The van der Waals surface area contributed by atoms with Crippen molar-refractivity contribution in [3.05, 3.63) is 66.2 Å². The van der Waals surface area contributed by atoms with Crippen LogP contribution in [0, 0.1) is 0 Å². The Morgan fingerprint density at radius 1 is 1.17 bits per heavy atom. The summed E-state index contributed by atoms with van der Waals surface area (Å²) in [5.74, 6) is 1.12. The number of carbonyl (C=O) groups is 2. The summed E-state index contributed by atoms with van der Waals surface area (Å²) in [7, 11) is 1.62. The third-order valence-corrected chi connectivity index (χ3v) is 5.24. The fraction of sp³-hybridized carbons (Fsp3) is 0.261. The van der Waals surface area contributed by atoms with Crippen LogP contribution in [0.1, 0.15) is 24.9 Å². The van der Waals surface area contributed by atoms with Gasteiger partial charge < -0.3 is 10.1 Å². The summed E-state index contributed by atoms with van der Waals surface area (Å²) in [6.07, 6.45) is 0.318. The Labute approximate surface area is 175 Å². The molecule has 0 saturated heterocycles. The highest BCUT2D eigenvalue weighted by molar-refractivity contribution is 5.99. The fourth-order valence-corrected chi connectivity index (χ4v) is 3.58. The van der Waals surface area contributed by atoms with Crippen LogP contribution in [-0.4, -0.2) is 35.2 Å². The third-order valence-electron chi connectivity index (χ3n) is 5.24. The van der Waals surface area contributed by atoms with Gasteiger partial charge in [0.05, 0.1) is 25.4 Å². The molecule has 1 aliphatic rings. The van der Waals surface area contributed by atoms with Gasteiger partial charge in [-0.3, -0.25) is 14.5 Å². The zero-order valence-corrected chi connectivity index (χ0v) is 17.0. The van der Waals surface area contributed by atoms with E-state index in [0.29, 0.717) is 18.8 Å². The summed E-state index contributed by atoms with van der Waals surface area (Å²) < 4.78 is 6.99. The molecule has 3 aromatic rings. The lowest BCUT2D eigenvalue weighted by atomic mass is 10.1. The van der Waals surface area contributed by atoms with Crippen molar-refractivity contribution in [1.29, 1.82) is 0 Å². The summed E-state index contributed by atoms with van der Waals surface area (Å²) >= 11 is 0. The van der Waals surface area contributed by atoms with Gasteiger partial charge in [0.2, 0.25) is 11.8 Å². The van der Waals surface area contributed by atoms with Crippen LogP contribution in [0.4, 0.5) is 5.82 Å². The van der Waals surface area contributed by atoms with Crippen LogP contribution in [0.3, 0.4) is 0 Å². The van der Waals surface area contributed by atoms with E-state index in [9.17, 15) is 9.59 Å². The maximum atomic E-state index is 12.6. The molecule has 0 unspecified atom stereocenters. The molecule has 1 aromatic heterocycles. The van der Waals surface area contributed by atoms with Crippen LogP contribution in [0.25, 0.3) is 11.3 Å². The minimum absolute atomic E-state index is 0.0379. The molecule has 0 aliphatic carbocycles. The summed E-state index contributed by atoms with van der Waals surface area (Å²) in [6, 6.07) is 19.0. The van der Waals surface area contributed by atoms with Crippen molar-refractivity contribution in [3.63, 3.8) is 0 Å². The number of fused-ring (bicyclic) bond motifs is 1. The van der Waals surface area contributed by atoms with Crippen molar-refractivity contribution in [2.75, 3.05) is 18.6 Å². The third kappa shape index (κ3) is 4.05. The van der Waals surface area contributed by atoms with E-state index >= 15 is 0 Å². The van der Waals surface area contributed by atoms with Crippen LogP contribution >= 0.6 is 0 Å². The van der Waals surface area contributed by atoms with E-state index in [2.05, 4.69) is 10.4 Å². The number of aromatic nitrogens is 2. The number of nitrogens with one attached hydrogen (secondary N) is 1. The number of methoxy groups -OCH3 is 1. The minimum atomic E-state index is -0.208. The van der Waals surface area contributed by atoms with Gasteiger partial charge in [0.1, 0.15) is 18.1 Å². The summed E-state index contributed by atoms with van der Waals surface area (Å²) in [4.78, 5) is 26.7. The van der Waals surface area contributed by atoms with Crippen molar-refractivity contribution >= 4 is 17.6 Å². The van der Waals surface area contributed by atoms with Crippen LogP contribution in [0.15, 0.2) is 60.7 Å². The summed E-state index contributed by atoms with van der Waals surface area (Å²) in [5, 5.41) is 7.60. The number of benzene rings is 2. The molecule has 0 radical (unpaired) electrons. The predicted octanol–water partition coefficient (Wildman–Crippen LogP) is 3.17. The Morgan fingerprint density at radius 2 is 1.90 bits per heavy atom. The zero-order valence-electron chi connectivity index (χ0n) is 17.0. The van der Waals surface area contributed by atoms with Gasteiger partial charge in [0, 0.05) is 18.1 Å². The number of carbonyl (C=O) groups excluding carboxylic acids is 2. The van der Waals surface area contributed by atoms with Gasteiger partial charge in [-0.2, -0.15) is 5.10 Å². The number of anilines is 1. The Bertz CT molecular complexity index is 1040. The first-order chi connectivity index (χ1) is 14.5. The number of amides is 2. The number of rotatable bonds is 6. The molecule has 0 fully saturated rings. The van der Waals surface area contributed by atoms with Crippen LogP contribution in [-0.2, 0) is 16.1 Å². The first-order valence-electron chi connectivity index (χ1n) is 9.92. The van der Waals surface area contributed by atoms with Crippen molar-refractivity contribution in [2.45, 2.75) is 25.9 Å². The van der Waals surface area contributed by atoms with Crippen molar-refractivity contribution in [1.82, 2.24) is 15.1 Å². The number of aryl methyl sites for hydroxylation is 1. The average Bonchev–Trinajstić information content (AvgIpc) is 3.21. The summed E-state index contributed by atoms with van der Waals surface area (Å²) in [5.41, 5.74) is 2.69. The topological polar surface area (TPSA) is 76.5 Å². The Morgan fingerprint density at radius 3 is 2.60 bits per heavy atom.